The van der Waals surface area contributed by atoms with Gasteiger partial charge in [-0.2, -0.15) is 0 Å². The maximum Gasteiger partial charge on any atom is 0.315 e. The Morgan fingerprint density at radius 3 is 2.82 bits per heavy atom. The third-order valence-electron chi connectivity index (χ3n) is 1.93. The summed E-state index contributed by atoms with van der Waals surface area (Å²) in [6.45, 7) is 3.54. The first-order valence-corrected chi connectivity index (χ1v) is 5.15. The fourth-order valence-corrected chi connectivity index (χ4v) is 1.23. The van der Waals surface area contributed by atoms with Gasteiger partial charge in [0, 0.05) is 6.04 Å². The van der Waals surface area contributed by atoms with Crippen LogP contribution in [0, 0.1) is 6.92 Å². The van der Waals surface area contributed by atoms with Gasteiger partial charge in [-0.15, -0.1) is 0 Å². The number of hydrogen-bond donors (Lipinski definition) is 3. The number of carboxylic acid groups (broad SMARTS) is 1. The summed E-state index contributed by atoms with van der Waals surface area (Å²) in [4.78, 5) is 25.6. The first-order valence-electron chi connectivity index (χ1n) is 5.15. The Morgan fingerprint density at radius 1 is 1.59 bits per heavy atom. The van der Waals surface area contributed by atoms with E-state index in [2.05, 4.69) is 15.6 Å². The maximum absolute atomic E-state index is 11.3. The highest BCUT2D eigenvalue weighted by atomic mass is 16.4. The number of aryl methyl sites for hydroxylation is 1. The van der Waals surface area contributed by atoms with Gasteiger partial charge in [0.05, 0.1) is 19.2 Å². The highest BCUT2D eigenvalue weighted by molar-refractivity contribution is 5.75. The van der Waals surface area contributed by atoms with E-state index in [-0.39, 0.29) is 13.0 Å². The number of aliphatic carboxylic acids is 1. The van der Waals surface area contributed by atoms with E-state index in [4.69, 9.17) is 9.52 Å². The number of carboxylic acids is 1. The second kappa shape index (κ2) is 5.88. The third-order valence-corrected chi connectivity index (χ3v) is 1.93. The number of carbonyl (C=O) groups excluding carboxylic acids is 1. The van der Waals surface area contributed by atoms with E-state index < -0.39 is 18.0 Å². The molecule has 3 N–H and O–H groups in total. The number of urea groups is 1. The predicted octanol–water partition coefficient (Wildman–Crippen LogP) is 0.645. The lowest BCUT2D eigenvalue weighted by Gasteiger charge is -2.11. The predicted molar refractivity (Wildman–Crippen MR) is 58.3 cm³/mol. The van der Waals surface area contributed by atoms with E-state index in [1.165, 1.54) is 0 Å². The normalized spacial score (nSPS) is 11.9. The lowest BCUT2D eigenvalue weighted by atomic mass is 10.2. The zero-order valence-corrected chi connectivity index (χ0v) is 9.69. The first kappa shape index (κ1) is 13.0. The molecule has 0 aliphatic carbocycles. The van der Waals surface area contributed by atoms with Crippen LogP contribution in [0.3, 0.4) is 0 Å². The number of amides is 2. The molecule has 0 aliphatic rings. The van der Waals surface area contributed by atoms with Crippen molar-refractivity contribution in [2.45, 2.75) is 32.9 Å². The summed E-state index contributed by atoms with van der Waals surface area (Å²) >= 11 is 0. The van der Waals surface area contributed by atoms with E-state index >= 15 is 0 Å². The van der Waals surface area contributed by atoms with Gasteiger partial charge in [-0.3, -0.25) is 4.79 Å². The van der Waals surface area contributed by atoms with E-state index in [1.54, 1.807) is 20.0 Å². The molecule has 0 radical (unpaired) electrons. The monoisotopic (exact) mass is 241 g/mol. The Balaban J connectivity index is 2.28. The van der Waals surface area contributed by atoms with Crippen molar-refractivity contribution in [2.75, 3.05) is 0 Å². The van der Waals surface area contributed by atoms with Crippen LogP contribution in [-0.4, -0.2) is 28.1 Å². The topological polar surface area (TPSA) is 104 Å². The third kappa shape index (κ3) is 5.01. The average Bonchev–Trinajstić information content (AvgIpc) is 2.59. The lowest BCUT2D eigenvalue weighted by molar-refractivity contribution is -0.137. The van der Waals surface area contributed by atoms with Gasteiger partial charge in [0.15, 0.2) is 0 Å². The van der Waals surface area contributed by atoms with Crippen molar-refractivity contribution in [3.05, 3.63) is 17.8 Å². The molecule has 0 spiro atoms. The summed E-state index contributed by atoms with van der Waals surface area (Å²) in [7, 11) is 0. The van der Waals surface area contributed by atoms with Crippen LogP contribution < -0.4 is 10.6 Å². The lowest BCUT2D eigenvalue weighted by Crippen LogP contribution is -2.41. The highest BCUT2D eigenvalue weighted by Gasteiger charge is 2.11. The van der Waals surface area contributed by atoms with E-state index in [9.17, 15) is 9.59 Å². The molecule has 1 unspecified atom stereocenters. The number of aromatic nitrogens is 1. The molecule has 0 fully saturated rings. The van der Waals surface area contributed by atoms with Crippen LogP contribution in [0.25, 0.3) is 0 Å². The van der Waals surface area contributed by atoms with Crippen molar-refractivity contribution in [1.82, 2.24) is 15.6 Å². The van der Waals surface area contributed by atoms with Crippen LogP contribution in [-0.2, 0) is 11.3 Å². The number of oxazole rings is 1. The molecule has 1 heterocycles. The maximum atomic E-state index is 11.3. The van der Waals surface area contributed by atoms with Crippen LogP contribution in [0.4, 0.5) is 4.79 Å². The quantitative estimate of drug-likeness (QED) is 0.701. The molecule has 1 aromatic rings. The van der Waals surface area contributed by atoms with Crippen LogP contribution in [0.5, 0.6) is 0 Å². The van der Waals surface area contributed by atoms with Crippen molar-refractivity contribution >= 4 is 12.0 Å². The molecule has 2 amide bonds. The van der Waals surface area contributed by atoms with Gasteiger partial charge in [0.2, 0.25) is 5.89 Å². The molecule has 1 atom stereocenters. The van der Waals surface area contributed by atoms with E-state index in [0.717, 1.165) is 0 Å². The minimum Gasteiger partial charge on any atom is -0.481 e. The van der Waals surface area contributed by atoms with Crippen LogP contribution in [0.1, 0.15) is 25.0 Å². The molecule has 17 heavy (non-hydrogen) atoms. The molecule has 0 bridgehead atoms. The Kier molecular flexibility index (Phi) is 4.50. The van der Waals surface area contributed by atoms with E-state index in [1.807, 2.05) is 0 Å². The number of hydrogen-bond acceptors (Lipinski definition) is 4. The standard InChI is InChI=1S/C10H15N3O4/c1-6(3-9(14)15)13-10(16)12-5-8-11-4-7(2)17-8/h4,6H,3,5H2,1-2H3,(H,14,15)(H2,12,13,16). The fraction of sp³-hybridized carbons (Fsp3) is 0.500. The van der Waals surface area contributed by atoms with Crippen LogP contribution in [0.15, 0.2) is 10.6 Å². The number of rotatable bonds is 5. The number of nitrogens with one attached hydrogen (secondary N) is 2. The molecular weight excluding hydrogens is 226 g/mol. The Morgan fingerprint density at radius 2 is 2.29 bits per heavy atom. The summed E-state index contributed by atoms with van der Waals surface area (Å²) < 4.78 is 5.16. The van der Waals surface area contributed by atoms with Gasteiger partial charge in [-0.1, -0.05) is 0 Å². The summed E-state index contributed by atoms with van der Waals surface area (Å²) in [5, 5.41) is 13.5. The Hall–Kier alpha value is -2.05. The van der Waals surface area contributed by atoms with E-state index in [0.29, 0.717) is 11.7 Å². The molecule has 1 aromatic heterocycles. The largest absolute Gasteiger partial charge is 0.481 e. The second-order valence-corrected chi connectivity index (χ2v) is 3.69. The van der Waals surface area contributed by atoms with Gasteiger partial charge < -0.3 is 20.2 Å². The minimum atomic E-state index is -0.957. The second-order valence-electron chi connectivity index (χ2n) is 3.69. The van der Waals surface area contributed by atoms with Gasteiger partial charge in [0.1, 0.15) is 5.76 Å². The van der Waals surface area contributed by atoms with Crippen molar-refractivity contribution in [1.29, 1.82) is 0 Å². The van der Waals surface area contributed by atoms with Gasteiger partial charge in [-0.05, 0) is 13.8 Å². The van der Waals surface area contributed by atoms with Crippen LogP contribution >= 0.6 is 0 Å². The van der Waals surface area contributed by atoms with Crippen molar-refractivity contribution < 1.29 is 19.1 Å². The van der Waals surface area contributed by atoms with Gasteiger partial charge >= 0.3 is 12.0 Å². The summed E-state index contributed by atoms with van der Waals surface area (Å²) in [6, 6.07) is -0.881. The van der Waals surface area contributed by atoms with Crippen LogP contribution in [0.2, 0.25) is 0 Å². The van der Waals surface area contributed by atoms with Gasteiger partial charge in [-0.25, -0.2) is 9.78 Å². The average molecular weight is 241 g/mol. The molecule has 0 saturated heterocycles. The summed E-state index contributed by atoms with van der Waals surface area (Å²) in [5.41, 5.74) is 0. The molecule has 0 aromatic carbocycles. The van der Waals surface area contributed by atoms with Crippen molar-refractivity contribution in [3.8, 4) is 0 Å². The highest BCUT2D eigenvalue weighted by Crippen LogP contribution is 2.00. The molecule has 1 rings (SSSR count). The first-order chi connectivity index (χ1) is 7.97. The zero-order valence-electron chi connectivity index (χ0n) is 9.69. The molecule has 94 valence electrons. The Labute approximate surface area is 98.2 Å². The molecule has 0 saturated carbocycles. The minimum absolute atomic E-state index is 0.120. The summed E-state index contributed by atoms with van der Waals surface area (Å²) in [5.74, 6) is 0.117. The molecule has 7 nitrogen and oxygen atoms in total. The Bertz CT molecular complexity index is 402. The molecule has 7 heteroatoms. The van der Waals surface area contributed by atoms with Crippen molar-refractivity contribution in [3.63, 3.8) is 0 Å². The number of nitrogens with zero attached hydrogens (tertiary/aromatic N) is 1. The SMILES string of the molecule is Cc1cnc(CNC(=O)NC(C)CC(=O)O)o1. The molecular formula is C10H15N3O4. The number of carbonyl (C=O) groups is 2. The smallest absolute Gasteiger partial charge is 0.315 e. The van der Waals surface area contributed by atoms with Crippen molar-refractivity contribution in [2.24, 2.45) is 0 Å². The molecule has 0 aliphatic heterocycles. The summed E-state index contributed by atoms with van der Waals surface area (Å²) in [6.07, 6.45) is 1.44. The van der Waals surface area contributed by atoms with Gasteiger partial charge in [0.25, 0.3) is 0 Å². The zero-order chi connectivity index (χ0) is 12.8. The fourth-order valence-electron chi connectivity index (χ4n) is 1.23.